The average Bonchev–Trinajstić information content (AvgIpc) is 3.55. The van der Waals surface area contributed by atoms with Crippen LogP contribution in [0.3, 0.4) is 0 Å². The lowest BCUT2D eigenvalue weighted by molar-refractivity contribution is -0.0830. The smallest absolute Gasteiger partial charge is 0.385 e. The second-order valence-corrected chi connectivity index (χ2v) is 7.40. The van der Waals surface area contributed by atoms with Crippen molar-refractivity contribution < 1.29 is 13.2 Å². The Balaban J connectivity index is 0.000000852. The van der Waals surface area contributed by atoms with E-state index in [0.29, 0.717) is 0 Å². The van der Waals surface area contributed by atoms with Gasteiger partial charge in [0, 0.05) is 24.0 Å². The summed E-state index contributed by atoms with van der Waals surface area (Å²) in [6.45, 7) is 17.8. The van der Waals surface area contributed by atoms with Crippen LogP contribution < -0.4 is 5.32 Å². The summed E-state index contributed by atoms with van der Waals surface area (Å²) in [5, 5.41) is 3.38. The van der Waals surface area contributed by atoms with Gasteiger partial charge in [-0.1, -0.05) is 57.3 Å². The van der Waals surface area contributed by atoms with Crippen molar-refractivity contribution in [3.63, 3.8) is 0 Å². The number of benzene rings is 1. The van der Waals surface area contributed by atoms with E-state index >= 15 is 0 Å². The fourth-order valence-corrected chi connectivity index (χ4v) is 2.31. The molecule has 0 aromatic heterocycles. The topological polar surface area (TPSA) is 24.4 Å². The molecule has 0 heterocycles. The summed E-state index contributed by atoms with van der Waals surface area (Å²) in [5.41, 5.74) is 5.55. The molecule has 0 bridgehead atoms. The van der Waals surface area contributed by atoms with E-state index < -0.39 is 11.1 Å². The average molecular weight is 453 g/mol. The van der Waals surface area contributed by atoms with Gasteiger partial charge in [-0.15, -0.1) is 12.6 Å². The number of allylic oxidation sites excluding steroid dienone is 4. The molecule has 2 nitrogen and oxygen atoms in total. The van der Waals surface area contributed by atoms with Crippen molar-refractivity contribution in [3.8, 4) is 0 Å². The summed E-state index contributed by atoms with van der Waals surface area (Å²) in [4.78, 5) is 3.51. The minimum atomic E-state index is -4.33. The van der Waals surface area contributed by atoms with Crippen molar-refractivity contribution in [1.82, 2.24) is 5.32 Å². The van der Waals surface area contributed by atoms with Crippen molar-refractivity contribution in [1.29, 1.82) is 0 Å². The van der Waals surface area contributed by atoms with Gasteiger partial charge in [0.25, 0.3) is 0 Å². The van der Waals surface area contributed by atoms with Crippen molar-refractivity contribution in [2.24, 2.45) is 10.9 Å². The molecule has 1 aliphatic rings. The molecule has 2 rings (SSSR count). The number of halogens is 3. The van der Waals surface area contributed by atoms with Crippen LogP contribution in [0.5, 0.6) is 0 Å². The van der Waals surface area contributed by atoms with E-state index in [2.05, 4.69) is 80.3 Å². The number of alkyl halides is 3. The Bertz CT molecular complexity index is 801. The van der Waals surface area contributed by atoms with E-state index in [1.165, 1.54) is 24.0 Å². The molecule has 1 aromatic carbocycles. The van der Waals surface area contributed by atoms with Crippen LogP contribution in [0.4, 0.5) is 13.2 Å². The highest BCUT2D eigenvalue weighted by Gasteiger charge is 2.28. The van der Waals surface area contributed by atoms with E-state index in [9.17, 15) is 13.2 Å². The Kier molecular flexibility index (Phi) is 13.7. The van der Waals surface area contributed by atoms with Gasteiger partial charge < -0.3 is 5.32 Å². The zero-order chi connectivity index (χ0) is 24.0. The summed E-state index contributed by atoms with van der Waals surface area (Å²) >= 11 is 2.96. The molecule has 1 saturated carbocycles. The van der Waals surface area contributed by atoms with Gasteiger partial charge in [0.05, 0.1) is 10.6 Å². The van der Waals surface area contributed by atoms with Crippen molar-refractivity contribution in [2.45, 2.75) is 53.6 Å². The second-order valence-electron chi connectivity index (χ2n) is 6.86. The van der Waals surface area contributed by atoms with E-state index in [1.54, 1.807) is 0 Å². The first-order valence-corrected chi connectivity index (χ1v) is 10.8. The molecule has 31 heavy (non-hydrogen) atoms. The highest BCUT2D eigenvalue weighted by atomic mass is 32.1. The minimum absolute atomic E-state index is 0.856. The molecule has 1 aliphatic carbocycles. The summed E-state index contributed by atoms with van der Waals surface area (Å²) in [6, 6.07) is 8.35. The van der Waals surface area contributed by atoms with Crippen LogP contribution >= 0.6 is 12.6 Å². The molecular formula is C25H35F3N2S. The Morgan fingerprint density at radius 2 is 1.74 bits per heavy atom. The number of nitrogens with zero attached hydrogens (tertiary/aromatic N) is 1. The second kappa shape index (κ2) is 14.7. The number of hydrogen-bond donors (Lipinski definition) is 2. The lowest BCUT2D eigenvalue weighted by Crippen LogP contribution is -2.13. The SMILES string of the molecule is C=C(/C=C/C(C)=C(/N=CC)c1ccccc1C)NCC1CC1.C=C(S)C(F)(F)F.CC. The van der Waals surface area contributed by atoms with Crippen molar-refractivity contribution in [2.75, 3.05) is 6.54 Å². The van der Waals surface area contributed by atoms with Crippen LogP contribution in [-0.2, 0) is 0 Å². The molecule has 1 aromatic rings. The number of aliphatic imine (C=N–C) groups is 1. The minimum Gasteiger partial charge on any atom is -0.385 e. The fraction of sp³-hybridized carbons (Fsp3) is 0.400. The van der Waals surface area contributed by atoms with Gasteiger partial charge >= 0.3 is 6.18 Å². The van der Waals surface area contributed by atoms with Crippen molar-refractivity contribution in [3.05, 3.63) is 76.9 Å². The first-order chi connectivity index (χ1) is 14.6. The molecule has 0 unspecified atom stereocenters. The van der Waals surface area contributed by atoms with Gasteiger partial charge in [0.2, 0.25) is 0 Å². The third kappa shape index (κ3) is 12.3. The van der Waals surface area contributed by atoms with Crippen LogP contribution in [0.2, 0.25) is 0 Å². The van der Waals surface area contributed by atoms with Gasteiger partial charge in [0.15, 0.2) is 0 Å². The first kappa shape index (κ1) is 28.8. The Hall–Kier alpha value is -2.21. The summed E-state index contributed by atoms with van der Waals surface area (Å²) in [6.07, 6.45) is 4.36. The predicted molar refractivity (Wildman–Crippen MR) is 132 cm³/mol. The Morgan fingerprint density at radius 3 is 2.19 bits per heavy atom. The van der Waals surface area contributed by atoms with Crippen molar-refractivity contribution >= 4 is 24.5 Å². The molecule has 0 radical (unpaired) electrons. The zero-order valence-corrected chi connectivity index (χ0v) is 20.1. The maximum Gasteiger partial charge on any atom is 0.421 e. The number of hydrogen-bond acceptors (Lipinski definition) is 3. The fourth-order valence-electron chi connectivity index (χ4n) is 2.31. The van der Waals surface area contributed by atoms with E-state index in [4.69, 9.17) is 0 Å². The van der Waals surface area contributed by atoms with Crippen LogP contribution in [0, 0.1) is 12.8 Å². The van der Waals surface area contributed by atoms with E-state index in [-0.39, 0.29) is 0 Å². The maximum atomic E-state index is 11.0. The molecule has 0 aliphatic heterocycles. The third-order valence-corrected chi connectivity index (χ3v) is 4.46. The molecule has 6 heteroatoms. The summed E-state index contributed by atoms with van der Waals surface area (Å²) in [5.74, 6) is 0.856. The molecule has 172 valence electrons. The van der Waals surface area contributed by atoms with Gasteiger partial charge in [-0.3, -0.25) is 4.99 Å². The Morgan fingerprint density at radius 1 is 1.19 bits per heavy atom. The largest absolute Gasteiger partial charge is 0.421 e. The highest BCUT2D eigenvalue weighted by molar-refractivity contribution is 7.84. The van der Waals surface area contributed by atoms with Gasteiger partial charge in [-0.25, -0.2) is 0 Å². The number of rotatable bonds is 7. The molecule has 1 N–H and O–H groups in total. The molecule has 0 amide bonds. The molecule has 1 fully saturated rings. The third-order valence-electron chi connectivity index (χ3n) is 4.21. The van der Waals surface area contributed by atoms with Crippen LogP contribution in [0.1, 0.15) is 51.7 Å². The first-order valence-electron chi connectivity index (χ1n) is 10.4. The predicted octanol–water partition coefficient (Wildman–Crippen LogP) is 7.90. The molecule has 0 atom stereocenters. The van der Waals surface area contributed by atoms with Gasteiger partial charge in [-0.2, -0.15) is 13.2 Å². The van der Waals surface area contributed by atoms with Crippen LogP contribution in [-0.4, -0.2) is 18.9 Å². The number of aryl methyl sites for hydroxylation is 1. The van der Waals surface area contributed by atoms with Crippen LogP contribution in [0.15, 0.2) is 70.7 Å². The normalized spacial score (nSPS) is 14.2. The molecule has 0 saturated heterocycles. The van der Waals surface area contributed by atoms with Gasteiger partial charge in [-0.05, 0) is 56.7 Å². The van der Waals surface area contributed by atoms with Crippen LogP contribution in [0.25, 0.3) is 5.70 Å². The molecule has 0 spiro atoms. The standard InChI is InChI=1S/C20H26N2.C3H3F3S.C2H6/c1-5-21-20(19-9-7-6-8-15(19)2)16(3)10-11-17(4)22-14-18-12-13-18;1-2(7)3(4,5)6;1-2/h5-11,18,22H,4,12-14H2,1-3H3;7H,1H2;1-2H3/b11-10+,20-16+,21-5?;;. The summed E-state index contributed by atoms with van der Waals surface area (Å²) < 4.78 is 33.0. The lowest BCUT2D eigenvalue weighted by Gasteiger charge is -2.09. The van der Waals surface area contributed by atoms with Gasteiger partial charge in [0.1, 0.15) is 0 Å². The Labute approximate surface area is 191 Å². The van der Waals surface area contributed by atoms with E-state index in [1.807, 2.05) is 33.1 Å². The molecular weight excluding hydrogens is 417 g/mol. The van der Waals surface area contributed by atoms with E-state index in [0.717, 1.165) is 29.4 Å². The maximum absolute atomic E-state index is 11.0. The summed E-state index contributed by atoms with van der Waals surface area (Å²) in [7, 11) is 0. The quantitative estimate of drug-likeness (QED) is 0.245. The number of nitrogens with one attached hydrogen (secondary N) is 1. The monoisotopic (exact) mass is 452 g/mol. The number of thiol groups is 1. The zero-order valence-electron chi connectivity index (χ0n) is 19.2. The highest BCUT2D eigenvalue weighted by Crippen LogP contribution is 2.28. The lowest BCUT2D eigenvalue weighted by atomic mass is 10.0.